The van der Waals surface area contributed by atoms with Gasteiger partial charge in [-0.05, 0) is 18.8 Å². The van der Waals surface area contributed by atoms with Crippen molar-refractivity contribution < 1.29 is 18.0 Å². The lowest BCUT2D eigenvalue weighted by atomic mass is 10.0. The molecule has 0 saturated carbocycles. The Labute approximate surface area is 112 Å². The Kier molecular flexibility index (Phi) is 5.64. The summed E-state index contributed by atoms with van der Waals surface area (Å²) in [5.74, 6) is 0.155. The molecule has 0 aliphatic carbocycles. The minimum absolute atomic E-state index is 0.184. The van der Waals surface area contributed by atoms with Crippen molar-refractivity contribution in [1.29, 1.82) is 0 Å². The van der Waals surface area contributed by atoms with Crippen molar-refractivity contribution in [1.82, 2.24) is 10.2 Å². The van der Waals surface area contributed by atoms with Crippen LogP contribution in [0.3, 0.4) is 0 Å². The van der Waals surface area contributed by atoms with E-state index in [4.69, 9.17) is 0 Å². The average molecular weight is 280 g/mol. The molecule has 6 heteroatoms. The Bertz CT molecular complexity index is 305. The molecule has 19 heavy (non-hydrogen) atoms. The smallest absolute Gasteiger partial charge is 0.325 e. The molecule has 0 spiro atoms. The highest BCUT2D eigenvalue weighted by Crippen LogP contribution is 2.24. The van der Waals surface area contributed by atoms with Crippen LogP contribution < -0.4 is 5.32 Å². The molecular formula is C13H23F3N2O. The van der Waals surface area contributed by atoms with Gasteiger partial charge < -0.3 is 4.90 Å². The number of nitrogens with zero attached hydrogens (tertiary/aromatic N) is 1. The Morgan fingerprint density at radius 3 is 2.47 bits per heavy atom. The normalized spacial score (nSPS) is 24.6. The van der Waals surface area contributed by atoms with Gasteiger partial charge in [-0.2, -0.15) is 13.2 Å². The van der Waals surface area contributed by atoms with Crippen molar-refractivity contribution in [3.05, 3.63) is 0 Å². The van der Waals surface area contributed by atoms with Gasteiger partial charge in [-0.25, -0.2) is 0 Å². The Morgan fingerprint density at radius 2 is 2.00 bits per heavy atom. The van der Waals surface area contributed by atoms with E-state index in [1.807, 2.05) is 20.8 Å². The summed E-state index contributed by atoms with van der Waals surface area (Å²) in [4.78, 5) is 13.5. The number of alkyl halides is 3. The van der Waals surface area contributed by atoms with E-state index in [1.54, 1.807) is 0 Å². The minimum atomic E-state index is -4.22. The molecule has 0 aromatic carbocycles. The summed E-state index contributed by atoms with van der Waals surface area (Å²) in [6, 6.07) is -0.329. The minimum Gasteiger partial charge on any atom is -0.325 e. The van der Waals surface area contributed by atoms with Crippen LogP contribution >= 0.6 is 0 Å². The quantitative estimate of drug-likeness (QED) is 0.811. The van der Waals surface area contributed by atoms with E-state index in [9.17, 15) is 18.0 Å². The lowest BCUT2D eigenvalue weighted by molar-refractivity contribution is -0.145. The molecule has 0 aromatic heterocycles. The van der Waals surface area contributed by atoms with Gasteiger partial charge in [0.1, 0.15) is 0 Å². The van der Waals surface area contributed by atoms with Crippen LogP contribution in [0.15, 0.2) is 0 Å². The highest BCUT2D eigenvalue weighted by Gasteiger charge is 2.40. The van der Waals surface area contributed by atoms with E-state index in [0.717, 1.165) is 6.42 Å². The van der Waals surface area contributed by atoms with E-state index >= 15 is 0 Å². The summed E-state index contributed by atoms with van der Waals surface area (Å²) in [6.07, 6.45) is -3.20. The fourth-order valence-corrected chi connectivity index (χ4v) is 2.41. The van der Waals surface area contributed by atoms with Crippen LogP contribution in [0.1, 0.15) is 46.5 Å². The molecule has 3 nitrogen and oxygen atoms in total. The number of halogens is 3. The number of carbonyl (C=O) groups excluding carboxylic acids is 1. The van der Waals surface area contributed by atoms with Gasteiger partial charge in [0.05, 0.1) is 18.6 Å². The molecule has 1 aliphatic heterocycles. The summed E-state index contributed by atoms with van der Waals surface area (Å²) in [5, 5.41) is 3.17. The fraction of sp³-hybridized carbons (Fsp3) is 0.923. The molecule has 1 fully saturated rings. The first kappa shape index (κ1) is 16.3. The maximum absolute atomic E-state index is 12.3. The van der Waals surface area contributed by atoms with Gasteiger partial charge in [-0.1, -0.05) is 27.2 Å². The van der Waals surface area contributed by atoms with Crippen LogP contribution in [0.25, 0.3) is 0 Å². The summed E-state index contributed by atoms with van der Waals surface area (Å²) >= 11 is 0. The molecule has 0 radical (unpaired) electrons. The van der Waals surface area contributed by atoms with Crippen molar-refractivity contribution in [2.75, 3.05) is 6.54 Å². The molecular weight excluding hydrogens is 257 g/mol. The molecule has 1 aliphatic rings. The molecule has 0 aromatic rings. The zero-order chi connectivity index (χ0) is 14.6. The van der Waals surface area contributed by atoms with Crippen LogP contribution in [0.2, 0.25) is 0 Å². The number of nitrogens with one attached hydrogen (secondary N) is 1. The zero-order valence-electron chi connectivity index (χ0n) is 11.8. The first-order valence-electron chi connectivity index (χ1n) is 6.88. The third kappa shape index (κ3) is 5.01. The van der Waals surface area contributed by atoms with Crippen LogP contribution in [-0.4, -0.2) is 35.7 Å². The fourth-order valence-electron chi connectivity index (χ4n) is 2.41. The van der Waals surface area contributed by atoms with Crippen LogP contribution in [0.4, 0.5) is 13.2 Å². The Balaban J connectivity index is 2.66. The van der Waals surface area contributed by atoms with Gasteiger partial charge >= 0.3 is 6.18 Å². The van der Waals surface area contributed by atoms with E-state index in [1.165, 1.54) is 4.90 Å². The SMILES string of the molecule is CCCC1NC(CC(C)C)C(=O)N1CCC(F)(F)F. The number of hydrogen-bond donors (Lipinski definition) is 1. The molecule has 112 valence electrons. The topological polar surface area (TPSA) is 32.3 Å². The number of rotatable bonds is 6. The molecule has 1 amide bonds. The summed E-state index contributed by atoms with van der Waals surface area (Å²) < 4.78 is 36.9. The van der Waals surface area contributed by atoms with Gasteiger partial charge in [0.15, 0.2) is 0 Å². The number of amides is 1. The molecule has 1 N–H and O–H groups in total. The maximum Gasteiger partial charge on any atom is 0.390 e. The highest BCUT2D eigenvalue weighted by atomic mass is 19.4. The standard InChI is InChI=1S/C13H23F3N2O/c1-4-5-11-17-10(8-9(2)3)12(19)18(11)7-6-13(14,15)16/h9-11,17H,4-8H2,1-3H3. The van der Waals surface area contributed by atoms with Crippen LogP contribution in [0, 0.1) is 5.92 Å². The predicted octanol–water partition coefficient (Wildman–Crippen LogP) is 2.91. The van der Waals surface area contributed by atoms with E-state index < -0.39 is 12.6 Å². The average Bonchev–Trinajstić information content (AvgIpc) is 2.52. The molecule has 1 saturated heterocycles. The van der Waals surface area contributed by atoms with Gasteiger partial charge in [0.25, 0.3) is 0 Å². The second kappa shape index (κ2) is 6.59. The predicted molar refractivity (Wildman–Crippen MR) is 67.5 cm³/mol. The largest absolute Gasteiger partial charge is 0.390 e. The summed E-state index contributed by atoms with van der Waals surface area (Å²) in [6.45, 7) is 5.72. The Morgan fingerprint density at radius 1 is 1.37 bits per heavy atom. The van der Waals surface area contributed by atoms with Gasteiger partial charge in [0.2, 0.25) is 5.91 Å². The van der Waals surface area contributed by atoms with E-state index in [-0.39, 0.29) is 24.7 Å². The third-order valence-electron chi connectivity index (χ3n) is 3.26. The van der Waals surface area contributed by atoms with E-state index in [2.05, 4.69) is 5.32 Å². The summed E-state index contributed by atoms with van der Waals surface area (Å²) in [7, 11) is 0. The van der Waals surface area contributed by atoms with Crippen LogP contribution in [0.5, 0.6) is 0 Å². The molecule has 2 unspecified atom stereocenters. The number of hydrogen-bond acceptors (Lipinski definition) is 2. The van der Waals surface area contributed by atoms with Crippen molar-refractivity contribution in [2.45, 2.75) is 64.8 Å². The lowest BCUT2D eigenvalue weighted by Crippen LogP contribution is -2.39. The maximum atomic E-state index is 12.3. The first-order chi connectivity index (χ1) is 8.74. The molecule has 1 heterocycles. The summed E-state index contributed by atoms with van der Waals surface area (Å²) in [5.41, 5.74) is 0. The highest BCUT2D eigenvalue weighted by molar-refractivity contribution is 5.84. The van der Waals surface area contributed by atoms with Crippen molar-refractivity contribution in [3.63, 3.8) is 0 Å². The first-order valence-corrected chi connectivity index (χ1v) is 6.88. The zero-order valence-corrected chi connectivity index (χ0v) is 11.8. The lowest BCUT2D eigenvalue weighted by Gasteiger charge is -2.24. The van der Waals surface area contributed by atoms with E-state index in [0.29, 0.717) is 18.8 Å². The molecule has 2 atom stereocenters. The van der Waals surface area contributed by atoms with Crippen molar-refractivity contribution in [2.24, 2.45) is 5.92 Å². The second-order valence-corrected chi connectivity index (χ2v) is 5.55. The number of carbonyl (C=O) groups is 1. The van der Waals surface area contributed by atoms with Gasteiger partial charge in [0, 0.05) is 6.54 Å². The third-order valence-corrected chi connectivity index (χ3v) is 3.26. The van der Waals surface area contributed by atoms with Gasteiger partial charge in [-0.15, -0.1) is 0 Å². The van der Waals surface area contributed by atoms with Crippen molar-refractivity contribution in [3.8, 4) is 0 Å². The van der Waals surface area contributed by atoms with Gasteiger partial charge in [-0.3, -0.25) is 10.1 Å². The Hall–Kier alpha value is -0.780. The molecule has 1 rings (SSSR count). The van der Waals surface area contributed by atoms with Crippen molar-refractivity contribution >= 4 is 5.91 Å². The molecule has 0 bridgehead atoms. The monoisotopic (exact) mass is 280 g/mol. The van der Waals surface area contributed by atoms with Crippen LogP contribution in [-0.2, 0) is 4.79 Å². The second-order valence-electron chi connectivity index (χ2n) is 5.55.